The first-order chi connectivity index (χ1) is 14.6. The van der Waals surface area contributed by atoms with Gasteiger partial charge in [-0.25, -0.2) is 4.79 Å². The van der Waals surface area contributed by atoms with Gasteiger partial charge in [-0.2, -0.15) is 0 Å². The smallest absolute Gasteiger partial charge is 0.406 e. The molecule has 2 aromatic rings. The lowest BCUT2D eigenvalue weighted by atomic mass is 9.80. The molecule has 0 saturated carbocycles. The van der Waals surface area contributed by atoms with Crippen LogP contribution in [0.1, 0.15) is 31.9 Å². The summed E-state index contributed by atoms with van der Waals surface area (Å²) in [6, 6.07) is 8.74. The highest BCUT2D eigenvalue weighted by Crippen LogP contribution is 2.40. The number of piperidine rings is 1. The maximum Gasteiger partial charge on any atom is 0.573 e. The molecule has 0 spiro atoms. The van der Waals surface area contributed by atoms with Gasteiger partial charge in [0, 0.05) is 48.9 Å². The lowest BCUT2D eigenvalue weighted by molar-refractivity contribution is -0.274. The van der Waals surface area contributed by atoms with Crippen LogP contribution in [0.25, 0.3) is 11.1 Å². The summed E-state index contributed by atoms with van der Waals surface area (Å²) in [5, 5.41) is 2.92. The van der Waals surface area contributed by atoms with Crippen molar-refractivity contribution in [3.63, 3.8) is 0 Å². The Morgan fingerprint density at radius 3 is 2.45 bits per heavy atom. The zero-order valence-electron chi connectivity index (χ0n) is 17.3. The first-order valence-electron chi connectivity index (χ1n) is 10.3. The van der Waals surface area contributed by atoms with Gasteiger partial charge in [-0.1, -0.05) is 12.1 Å². The van der Waals surface area contributed by atoms with Crippen LogP contribution in [0.2, 0.25) is 0 Å². The fourth-order valence-electron chi connectivity index (χ4n) is 4.60. The van der Waals surface area contributed by atoms with Gasteiger partial charge in [0.05, 0.1) is 0 Å². The molecule has 2 atom stereocenters. The molecule has 2 amide bonds. The van der Waals surface area contributed by atoms with E-state index in [1.165, 1.54) is 18.2 Å². The van der Waals surface area contributed by atoms with Crippen LogP contribution in [0.15, 0.2) is 41.2 Å². The predicted octanol–water partition coefficient (Wildman–Crippen LogP) is 3.95. The Labute approximate surface area is 177 Å². The Hall–Kier alpha value is -2.97. The van der Waals surface area contributed by atoms with Gasteiger partial charge in [0.1, 0.15) is 5.75 Å². The number of benzene rings is 1. The summed E-state index contributed by atoms with van der Waals surface area (Å²) in [5.41, 5.74) is 2.20. The molecule has 0 aliphatic carbocycles. The van der Waals surface area contributed by atoms with Crippen molar-refractivity contribution in [3.05, 3.63) is 52.4 Å². The van der Waals surface area contributed by atoms with Crippen LogP contribution in [0.5, 0.6) is 5.75 Å². The number of nitrogens with one attached hydrogen (secondary N) is 1. The van der Waals surface area contributed by atoms with E-state index < -0.39 is 6.36 Å². The summed E-state index contributed by atoms with van der Waals surface area (Å²) in [6.07, 6.45) is -3.89. The maximum atomic E-state index is 12.6. The Morgan fingerprint density at radius 2 is 1.81 bits per heavy atom. The molecule has 0 unspecified atom stereocenters. The summed E-state index contributed by atoms with van der Waals surface area (Å²) in [5.74, 6) is -0.146. The van der Waals surface area contributed by atoms with E-state index in [1.54, 1.807) is 27.7 Å². The van der Waals surface area contributed by atoms with E-state index in [9.17, 15) is 22.8 Å². The first kappa shape index (κ1) is 21.3. The third kappa shape index (κ3) is 4.55. The number of urea groups is 1. The lowest BCUT2D eigenvalue weighted by Gasteiger charge is -2.43. The molecule has 2 aliphatic rings. The minimum Gasteiger partial charge on any atom is -0.406 e. The Bertz CT molecular complexity index is 1030. The second kappa shape index (κ2) is 7.94. The van der Waals surface area contributed by atoms with E-state index in [0.29, 0.717) is 25.2 Å². The SMILES string of the molecule is CC(C)NC(=O)N1C[C@@H]2C[C@H](C1)c1c(-c3ccc(OC(F)(F)F)cc3)ccc(=O)n1C2. The molecule has 2 aliphatic heterocycles. The van der Waals surface area contributed by atoms with Gasteiger partial charge in [0.25, 0.3) is 5.56 Å². The number of pyridine rings is 1. The number of nitrogens with zero attached hydrogens (tertiary/aromatic N) is 2. The van der Waals surface area contributed by atoms with Crippen molar-refractivity contribution in [1.82, 2.24) is 14.8 Å². The predicted molar refractivity (Wildman–Crippen MR) is 109 cm³/mol. The standard InChI is InChI=1S/C22H24F3N3O3/c1-13(2)26-21(30)27-10-14-9-16(12-27)20-18(7-8-19(29)28(20)11-14)15-3-5-17(6-4-15)31-22(23,24)25/h3-8,13-14,16H,9-12H2,1-2H3,(H,26,30)/t14-,16+/m0/s1. The number of alkyl halides is 3. The van der Waals surface area contributed by atoms with E-state index in [1.807, 2.05) is 13.8 Å². The number of rotatable bonds is 3. The number of aromatic nitrogens is 1. The van der Waals surface area contributed by atoms with Crippen LogP contribution in [0, 0.1) is 5.92 Å². The highest BCUT2D eigenvalue weighted by Gasteiger charge is 2.38. The van der Waals surface area contributed by atoms with Crippen molar-refractivity contribution in [3.8, 4) is 16.9 Å². The van der Waals surface area contributed by atoms with Gasteiger partial charge in [0.2, 0.25) is 0 Å². The third-order valence-electron chi connectivity index (χ3n) is 5.69. The fourth-order valence-corrected chi connectivity index (χ4v) is 4.60. The van der Waals surface area contributed by atoms with Crippen LogP contribution in [0.3, 0.4) is 0 Å². The topological polar surface area (TPSA) is 63.6 Å². The van der Waals surface area contributed by atoms with Crippen LogP contribution in [-0.4, -0.2) is 41.0 Å². The molecular formula is C22H24F3N3O3. The Balaban J connectivity index is 1.67. The second-order valence-corrected chi connectivity index (χ2v) is 8.46. The second-order valence-electron chi connectivity index (χ2n) is 8.46. The maximum absolute atomic E-state index is 12.6. The number of halogens is 3. The zero-order chi connectivity index (χ0) is 22.3. The molecule has 1 saturated heterocycles. The van der Waals surface area contributed by atoms with Crippen molar-refractivity contribution in [1.29, 1.82) is 0 Å². The Morgan fingerprint density at radius 1 is 1.10 bits per heavy atom. The molecule has 6 nitrogen and oxygen atoms in total. The van der Waals surface area contributed by atoms with E-state index in [-0.39, 0.29) is 35.2 Å². The Kier molecular flexibility index (Phi) is 5.45. The monoisotopic (exact) mass is 435 g/mol. The average molecular weight is 435 g/mol. The molecule has 3 heterocycles. The van der Waals surface area contributed by atoms with Crippen LogP contribution in [0.4, 0.5) is 18.0 Å². The molecule has 1 aromatic carbocycles. The number of amides is 2. The van der Waals surface area contributed by atoms with Crippen molar-refractivity contribution in [2.45, 2.75) is 45.1 Å². The van der Waals surface area contributed by atoms with Crippen molar-refractivity contribution >= 4 is 6.03 Å². The van der Waals surface area contributed by atoms with Gasteiger partial charge < -0.3 is 19.5 Å². The molecule has 2 bridgehead atoms. The molecule has 1 aromatic heterocycles. The summed E-state index contributed by atoms with van der Waals surface area (Å²) in [7, 11) is 0. The summed E-state index contributed by atoms with van der Waals surface area (Å²) in [4.78, 5) is 26.9. The zero-order valence-corrected chi connectivity index (χ0v) is 17.3. The number of carbonyl (C=O) groups excluding carboxylic acids is 1. The largest absolute Gasteiger partial charge is 0.573 e. The van der Waals surface area contributed by atoms with Crippen LogP contribution in [-0.2, 0) is 6.54 Å². The van der Waals surface area contributed by atoms with Crippen molar-refractivity contribution in [2.24, 2.45) is 5.92 Å². The van der Waals surface area contributed by atoms with Crippen LogP contribution < -0.4 is 15.6 Å². The number of carbonyl (C=O) groups is 1. The lowest BCUT2D eigenvalue weighted by Crippen LogP contribution is -2.53. The molecule has 1 N–H and O–H groups in total. The number of hydrogen-bond donors (Lipinski definition) is 1. The number of hydrogen-bond acceptors (Lipinski definition) is 3. The summed E-state index contributed by atoms with van der Waals surface area (Å²) in [6.45, 7) is 5.40. The van der Waals surface area contributed by atoms with E-state index in [2.05, 4.69) is 10.1 Å². The average Bonchev–Trinajstić information content (AvgIpc) is 2.67. The minimum atomic E-state index is -4.75. The van der Waals surface area contributed by atoms with E-state index >= 15 is 0 Å². The summed E-state index contributed by atoms with van der Waals surface area (Å²) < 4.78 is 43.1. The molecule has 4 rings (SSSR count). The number of ether oxygens (including phenoxy) is 1. The fraction of sp³-hybridized carbons (Fsp3) is 0.455. The highest BCUT2D eigenvalue weighted by molar-refractivity contribution is 5.75. The van der Waals surface area contributed by atoms with Gasteiger partial charge >= 0.3 is 12.4 Å². The summed E-state index contributed by atoms with van der Waals surface area (Å²) >= 11 is 0. The van der Waals surface area contributed by atoms with E-state index in [4.69, 9.17) is 0 Å². The molecule has 0 radical (unpaired) electrons. The molecular weight excluding hydrogens is 411 g/mol. The minimum absolute atomic E-state index is 0.0252. The normalized spacial score (nSPS) is 20.4. The van der Waals surface area contributed by atoms with Crippen LogP contribution >= 0.6 is 0 Å². The van der Waals surface area contributed by atoms with Gasteiger partial charge in [-0.15, -0.1) is 13.2 Å². The number of likely N-dealkylation sites (tertiary alicyclic amines) is 1. The molecule has 1 fully saturated rings. The van der Waals surface area contributed by atoms with Crippen molar-refractivity contribution < 1.29 is 22.7 Å². The molecule has 9 heteroatoms. The van der Waals surface area contributed by atoms with Gasteiger partial charge in [-0.05, 0) is 49.9 Å². The third-order valence-corrected chi connectivity index (χ3v) is 5.69. The molecule has 31 heavy (non-hydrogen) atoms. The van der Waals surface area contributed by atoms with Gasteiger partial charge in [-0.3, -0.25) is 4.79 Å². The first-order valence-corrected chi connectivity index (χ1v) is 10.3. The highest BCUT2D eigenvalue weighted by atomic mass is 19.4. The molecule has 166 valence electrons. The van der Waals surface area contributed by atoms with Gasteiger partial charge in [0.15, 0.2) is 0 Å². The quantitative estimate of drug-likeness (QED) is 0.794. The van der Waals surface area contributed by atoms with Crippen molar-refractivity contribution in [2.75, 3.05) is 13.1 Å². The van der Waals surface area contributed by atoms with E-state index in [0.717, 1.165) is 17.7 Å². The number of fused-ring (bicyclic) bond motifs is 4.